The summed E-state index contributed by atoms with van der Waals surface area (Å²) in [7, 11) is 1.80. The van der Waals surface area contributed by atoms with E-state index in [-0.39, 0.29) is 5.91 Å². The van der Waals surface area contributed by atoms with E-state index in [2.05, 4.69) is 28.4 Å². The van der Waals surface area contributed by atoms with Crippen molar-refractivity contribution in [3.63, 3.8) is 0 Å². The van der Waals surface area contributed by atoms with E-state index in [9.17, 15) is 4.79 Å². The quantitative estimate of drug-likeness (QED) is 0.655. The third-order valence-electron chi connectivity index (χ3n) is 3.65. The van der Waals surface area contributed by atoms with Crippen molar-refractivity contribution in [2.24, 2.45) is 4.99 Å². The van der Waals surface area contributed by atoms with Crippen molar-refractivity contribution in [2.45, 2.75) is 20.8 Å². The van der Waals surface area contributed by atoms with E-state index in [1.54, 1.807) is 13.2 Å². The Bertz CT molecular complexity index is 654. The number of nitrogens with one attached hydrogen (secondary N) is 2. The minimum atomic E-state index is -0.0762. The van der Waals surface area contributed by atoms with Crippen molar-refractivity contribution < 1.29 is 4.79 Å². The molecule has 0 unspecified atom stereocenters. The molecule has 1 aromatic carbocycles. The molecule has 0 saturated carbocycles. The first-order chi connectivity index (χ1) is 9.49. The first-order valence-corrected chi connectivity index (χ1v) is 6.47. The minimum Gasteiger partial charge on any atom is -0.387 e. The van der Waals surface area contributed by atoms with Crippen LogP contribution in [0.3, 0.4) is 0 Å². The molecule has 0 radical (unpaired) electrons. The molecular weight excluding hydrogens is 250 g/mol. The van der Waals surface area contributed by atoms with Gasteiger partial charge in [-0.15, -0.1) is 0 Å². The Hall–Kier alpha value is -2.36. The maximum absolute atomic E-state index is 12.2. The molecule has 2 N–H and O–H groups in total. The summed E-state index contributed by atoms with van der Waals surface area (Å²) in [5.41, 5.74) is 6.49. The van der Waals surface area contributed by atoms with Crippen LogP contribution in [0.5, 0.6) is 0 Å². The predicted molar refractivity (Wildman–Crippen MR) is 83.8 cm³/mol. The van der Waals surface area contributed by atoms with Gasteiger partial charge in [0.1, 0.15) is 0 Å². The summed E-state index contributed by atoms with van der Waals surface area (Å²) in [5.74, 6) is -0.0762. The van der Waals surface area contributed by atoms with Gasteiger partial charge in [0.05, 0.1) is 11.3 Å². The molecule has 0 atom stereocenters. The Balaban J connectivity index is 2.66. The van der Waals surface area contributed by atoms with Gasteiger partial charge < -0.3 is 10.6 Å². The van der Waals surface area contributed by atoms with E-state index >= 15 is 0 Å². The van der Waals surface area contributed by atoms with Crippen LogP contribution >= 0.6 is 0 Å². The number of carbonyl (C=O) groups excluding carboxylic acids is 1. The molecule has 2 rings (SSSR count). The van der Waals surface area contributed by atoms with Crippen molar-refractivity contribution in [3.05, 3.63) is 46.3 Å². The Morgan fingerprint density at radius 1 is 1.35 bits per heavy atom. The summed E-state index contributed by atoms with van der Waals surface area (Å²) < 4.78 is 0. The average molecular weight is 269 g/mol. The molecule has 20 heavy (non-hydrogen) atoms. The van der Waals surface area contributed by atoms with Gasteiger partial charge in [-0.3, -0.25) is 9.79 Å². The summed E-state index contributed by atoms with van der Waals surface area (Å²) in [4.78, 5) is 16.0. The summed E-state index contributed by atoms with van der Waals surface area (Å²) in [5, 5.41) is 5.97. The van der Waals surface area contributed by atoms with E-state index in [1.807, 2.05) is 26.8 Å². The van der Waals surface area contributed by atoms with Crippen LogP contribution in [0.2, 0.25) is 0 Å². The Morgan fingerprint density at radius 3 is 2.60 bits per heavy atom. The van der Waals surface area contributed by atoms with Crippen LogP contribution in [0.4, 0.5) is 5.69 Å². The van der Waals surface area contributed by atoms with Crippen molar-refractivity contribution >= 4 is 23.9 Å². The van der Waals surface area contributed by atoms with Crippen molar-refractivity contribution in [3.8, 4) is 0 Å². The number of anilines is 1. The fraction of sp³-hybridized carbons (Fsp3) is 0.250. The van der Waals surface area contributed by atoms with Gasteiger partial charge in [-0.05, 0) is 56.3 Å². The van der Waals surface area contributed by atoms with Crippen LogP contribution in [0.25, 0.3) is 5.57 Å². The zero-order chi connectivity index (χ0) is 14.9. The molecule has 0 bridgehead atoms. The summed E-state index contributed by atoms with van der Waals surface area (Å²) >= 11 is 0. The molecule has 1 aromatic rings. The largest absolute Gasteiger partial charge is 0.387 e. The summed E-state index contributed by atoms with van der Waals surface area (Å²) in [6.07, 6.45) is 1.62. The van der Waals surface area contributed by atoms with Gasteiger partial charge in [0, 0.05) is 24.5 Å². The Labute approximate surface area is 119 Å². The number of amides is 1. The first-order valence-electron chi connectivity index (χ1n) is 6.47. The second kappa shape index (κ2) is 5.33. The molecule has 1 aliphatic rings. The molecule has 0 spiro atoms. The van der Waals surface area contributed by atoms with Gasteiger partial charge >= 0.3 is 0 Å². The minimum absolute atomic E-state index is 0.0762. The summed E-state index contributed by atoms with van der Waals surface area (Å²) in [6.45, 7) is 9.45. The number of rotatable bonds is 3. The molecule has 0 saturated heterocycles. The molecule has 4 nitrogen and oxygen atoms in total. The van der Waals surface area contributed by atoms with Crippen molar-refractivity contribution in [2.75, 3.05) is 12.4 Å². The maximum atomic E-state index is 12.2. The van der Waals surface area contributed by atoms with Crippen molar-refractivity contribution in [1.29, 1.82) is 0 Å². The number of carbonyl (C=O) groups is 1. The van der Waals surface area contributed by atoms with Gasteiger partial charge in [-0.2, -0.15) is 0 Å². The van der Waals surface area contributed by atoms with Gasteiger partial charge in [-0.25, -0.2) is 0 Å². The number of fused-ring (bicyclic) bond motifs is 1. The number of hydrogen-bond donors (Lipinski definition) is 2. The van der Waals surface area contributed by atoms with E-state index in [1.165, 1.54) is 11.1 Å². The third kappa shape index (κ3) is 2.25. The zero-order valence-corrected chi connectivity index (χ0v) is 12.3. The highest BCUT2D eigenvalue weighted by Crippen LogP contribution is 2.36. The van der Waals surface area contributed by atoms with Gasteiger partial charge in [0.2, 0.25) is 0 Å². The van der Waals surface area contributed by atoms with Crippen LogP contribution in [-0.4, -0.2) is 19.7 Å². The van der Waals surface area contributed by atoms with Crippen molar-refractivity contribution in [1.82, 2.24) is 5.32 Å². The van der Waals surface area contributed by atoms with Crippen LogP contribution in [0, 0.1) is 13.8 Å². The van der Waals surface area contributed by atoms with E-state index in [0.29, 0.717) is 5.57 Å². The van der Waals surface area contributed by atoms with E-state index in [4.69, 9.17) is 0 Å². The molecule has 1 heterocycles. The fourth-order valence-electron chi connectivity index (χ4n) is 2.38. The molecule has 1 aliphatic heterocycles. The monoisotopic (exact) mass is 269 g/mol. The predicted octanol–water partition coefficient (Wildman–Crippen LogP) is 2.79. The molecule has 0 fully saturated rings. The van der Waals surface area contributed by atoms with Gasteiger partial charge in [0.25, 0.3) is 5.91 Å². The standard InChI is InChI=1S/C16H19N3O/c1-9-6-12-13(7-10(9)2)19-16(20)15(12)11(3)14(18-5)8-17-4/h6-8,18H,4H2,1-3,5H3,(H,19,20)/b14-8-,15-11-. The smallest absolute Gasteiger partial charge is 0.256 e. The van der Waals surface area contributed by atoms with E-state index < -0.39 is 0 Å². The number of allylic oxidation sites excluding steroid dienone is 1. The highest BCUT2D eigenvalue weighted by Gasteiger charge is 2.27. The van der Waals surface area contributed by atoms with Crippen LogP contribution in [0.1, 0.15) is 23.6 Å². The average Bonchev–Trinajstić information content (AvgIpc) is 2.71. The molecule has 4 heteroatoms. The Morgan fingerprint density at radius 2 is 2.00 bits per heavy atom. The topological polar surface area (TPSA) is 53.5 Å². The highest BCUT2D eigenvalue weighted by atomic mass is 16.2. The molecule has 0 aliphatic carbocycles. The number of likely N-dealkylation sites (N-methyl/N-ethyl adjacent to an activating group) is 1. The second-order valence-electron chi connectivity index (χ2n) is 4.91. The van der Waals surface area contributed by atoms with Crippen LogP contribution in [0.15, 0.2) is 34.6 Å². The van der Waals surface area contributed by atoms with Gasteiger partial charge in [0.15, 0.2) is 0 Å². The lowest BCUT2D eigenvalue weighted by molar-refractivity contribution is -0.110. The normalized spacial score (nSPS) is 16.6. The van der Waals surface area contributed by atoms with Gasteiger partial charge in [-0.1, -0.05) is 0 Å². The SMILES string of the molecule is C=N/C=C(NC)/C(C)=C1\C(=O)Nc2cc(C)c(C)cc21. The summed E-state index contributed by atoms with van der Waals surface area (Å²) in [6, 6.07) is 4.06. The number of aryl methyl sites for hydroxylation is 2. The molecule has 1 amide bonds. The second-order valence-corrected chi connectivity index (χ2v) is 4.91. The highest BCUT2D eigenvalue weighted by molar-refractivity contribution is 6.32. The lowest BCUT2D eigenvalue weighted by atomic mass is 9.97. The first kappa shape index (κ1) is 14.1. The molecule has 0 aromatic heterocycles. The number of benzene rings is 1. The number of nitrogens with zero attached hydrogens (tertiary/aromatic N) is 1. The fourth-order valence-corrected chi connectivity index (χ4v) is 2.38. The van der Waals surface area contributed by atoms with Crippen LogP contribution in [-0.2, 0) is 4.79 Å². The number of hydrogen-bond acceptors (Lipinski definition) is 3. The lowest BCUT2D eigenvalue weighted by Gasteiger charge is -2.10. The lowest BCUT2D eigenvalue weighted by Crippen LogP contribution is -2.12. The number of aliphatic imine (C=N–C) groups is 1. The van der Waals surface area contributed by atoms with E-state index in [0.717, 1.165) is 22.5 Å². The molecular formula is C16H19N3O. The zero-order valence-electron chi connectivity index (χ0n) is 12.3. The third-order valence-corrected chi connectivity index (χ3v) is 3.65. The Kier molecular flexibility index (Phi) is 3.74. The molecule has 104 valence electrons. The van der Waals surface area contributed by atoms with Crippen LogP contribution < -0.4 is 10.6 Å². The maximum Gasteiger partial charge on any atom is 0.256 e.